The van der Waals surface area contributed by atoms with E-state index in [1.54, 1.807) is 33.3 Å². The normalized spacial score (nSPS) is 21.5. The van der Waals surface area contributed by atoms with E-state index in [4.69, 9.17) is 14.2 Å². The quantitative estimate of drug-likeness (QED) is 0.558. The lowest BCUT2D eigenvalue weighted by Gasteiger charge is -2.09. The van der Waals surface area contributed by atoms with Gasteiger partial charge in [-0.05, 0) is 36.1 Å². The molecule has 6 heteroatoms. The first-order valence-corrected chi connectivity index (χ1v) is 8.96. The van der Waals surface area contributed by atoms with Crippen molar-refractivity contribution in [3.8, 4) is 11.5 Å². The summed E-state index contributed by atoms with van der Waals surface area (Å²) in [5, 5.41) is 1.86. The number of rotatable bonds is 7. The summed E-state index contributed by atoms with van der Waals surface area (Å²) < 4.78 is 15.8. The van der Waals surface area contributed by atoms with Gasteiger partial charge in [0.15, 0.2) is 17.3 Å². The van der Waals surface area contributed by atoms with Crippen molar-refractivity contribution in [1.82, 2.24) is 0 Å². The number of carbonyl (C=O) groups excluding carboxylic acids is 2. The lowest BCUT2D eigenvalue weighted by molar-refractivity contribution is -0.145. The van der Waals surface area contributed by atoms with Crippen LogP contribution in [0.15, 0.2) is 35.7 Å². The molecule has 0 spiro atoms. The largest absolute Gasteiger partial charge is 0.493 e. The molecule has 3 rings (SSSR count). The number of esters is 1. The van der Waals surface area contributed by atoms with E-state index >= 15 is 0 Å². The number of hydrogen-bond acceptors (Lipinski definition) is 6. The number of methoxy groups -OCH3 is 2. The third-order valence-corrected chi connectivity index (χ3v) is 5.32. The lowest BCUT2D eigenvalue weighted by Crippen LogP contribution is -2.11. The number of ketones is 1. The zero-order valence-corrected chi connectivity index (χ0v) is 15.2. The minimum atomic E-state index is -0.451. The Bertz CT molecular complexity index is 768. The molecule has 1 fully saturated rings. The van der Waals surface area contributed by atoms with E-state index in [0.717, 1.165) is 5.56 Å². The molecule has 1 aromatic heterocycles. The molecule has 3 atom stereocenters. The second-order valence-corrected chi connectivity index (χ2v) is 6.73. The zero-order chi connectivity index (χ0) is 18.0. The topological polar surface area (TPSA) is 61.8 Å². The molecule has 0 N–H and O–H groups in total. The molecule has 132 valence electrons. The summed E-state index contributed by atoms with van der Waals surface area (Å²) in [5.41, 5.74) is 0.880. The van der Waals surface area contributed by atoms with Crippen LogP contribution in [0.5, 0.6) is 11.5 Å². The maximum atomic E-state index is 12.8. The van der Waals surface area contributed by atoms with Crippen molar-refractivity contribution in [3.05, 3.63) is 46.2 Å². The minimum absolute atomic E-state index is 0.00663. The maximum absolute atomic E-state index is 12.8. The van der Waals surface area contributed by atoms with Crippen molar-refractivity contribution >= 4 is 23.1 Å². The van der Waals surface area contributed by atoms with Crippen LogP contribution in [0, 0.1) is 11.8 Å². The van der Waals surface area contributed by atoms with Crippen LogP contribution >= 0.6 is 11.3 Å². The first-order valence-electron chi connectivity index (χ1n) is 8.08. The Morgan fingerprint density at radius 1 is 1.08 bits per heavy atom. The van der Waals surface area contributed by atoms with Crippen LogP contribution in [0.2, 0.25) is 0 Å². The second kappa shape index (κ2) is 7.27. The van der Waals surface area contributed by atoms with Gasteiger partial charge in [-0.25, -0.2) is 0 Å². The highest BCUT2D eigenvalue weighted by Gasteiger charge is 2.60. The first kappa shape index (κ1) is 17.5. The molecular weight excluding hydrogens is 340 g/mol. The molecule has 2 aromatic rings. The number of ether oxygens (including phenoxy) is 3. The summed E-state index contributed by atoms with van der Waals surface area (Å²) in [6.45, 7) is 2.07. The Balaban J connectivity index is 1.92. The number of carbonyl (C=O) groups is 2. The van der Waals surface area contributed by atoms with E-state index < -0.39 is 11.8 Å². The van der Waals surface area contributed by atoms with Crippen molar-refractivity contribution in [3.63, 3.8) is 0 Å². The van der Waals surface area contributed by atoms with Gasteiger partial charge < -0.3 is 14.2 Å². The van der Waals surface area contributed by atoms with Gasteiger partial charge in [0.2, 0.25) is 0 Å². The van der Waals surface area contributed by atoms with Crippen LogP contribution in [0.3, 0.4) is 0 Å². The van der Waals surface area contributed by atoms with Crippen LogP contribution < -0.4 is 9.47 Å². The highest BCUT2D eigenvalue weighted by atomic mass is 32.1. The molecule has 0 radical (unpaired) electrons. The fourth-order valence-corrected chi connectivity index (χ4v) is 3.94. The first-order chi connectivity index (χ1) is 12.1. The Kier molecular flexibility index (Phi) is 5.08. The van der Waals surface area contributed by atoms with Crippen molar-refractivity contribution in [2.24, 2.45) is 11.8 Å². The van der Waals surface area contributed by atoms with Crippen molar-refractivity contribution in [1.29, 1.82) is 0 Å². The zero-order valence-electron chi connectivity index (χ0n) is 14.4. The average molecular weight is 360 g/mol. The molecule has 0 saturated heterocycles. The predicted octanol–water partition coefficient (Wildman–Crippen LogP) is 3.54. The van der Waals surface area contributed by atoms with E-state index in [9.17, 15) is 9.59 Å². The summed E-state index contributed by atoms with van der Waals surface area (Å²) in [6, 6.07) is 9.13. The van der Waals surface area contributed by atoms with Gasteiger partial charge in [0, 0.05) is 11.8 Å². The number of hydrogen-bond donors (Lipinski definition) is 0. The third-order valence-electron chi connectivity index (χ3n) is 4.44. The number of thiophene rings is 1. The molecule has 25 heavy (non-hydrogen) atoms. The molecule has 0 amide bonds. The monoisotopic (exact) mass is 360 g/mol. The van der Waals surface area contributed by atoms with Gasteiger partial charge in [-0.1, -0.05) is 12.1 Å². The van der Waals surface area contributed by atoms with E-state index in [2.05, 4.69) is 0 Å². The van der Waals surface area contributed by atoms with E-state index in [-0.39, 0.29) is 17.7 Å². The predicted molar refractivity (Wildman–Crippen MR) is 94.5 cm³/mol. The van der Waals surface area contributed by atoms with Crippen LogP contribution in [0.25, 0.3) is 0 Å². The van der Waals surface area contributed by atoms with E-state index in [0.29, 0.717) is 23.0 Å². The number of benzene rings is 1. The van der Waals surface area contributed by atoms with Crippen molar-refractivity contribution in [2.75, 3.05) is 20.8 Å². The SMILES string of the molecule is CCOC(=O)C1C(C(=O)c2cccs2)C1c1ccc(OC)c(OC)c1. The van der Waals surface area contributed by atoms with Crippen LogP contribution in [-0.2, 0) is 9.53 Å². The molecule has 1 saturated carbocycles. The van der Waals surface area contributed by atoms with Crippen LogP contribution in [0.1, 0.15) is 28.1 Å². The molecule has 1 aromatic carbocycles. The van der Waals surface area contributed by atoms with Gasteiger partial charge in [0.1, 0.15) is 0 Å². The summed E-state index contributed by atoms with van der Waals surface area (Å²) in [7, 11) is 3.13. The number of Topliss-reactive ketones (excluding diaryl/α,β-unsaturated/α-hetero) is 1. The summed E-state index contributed by atoms with van der Waals surface area (Å²) in [4.78, 5) is 25.8. The molecule has 1 aliphatic rings. The molecular formula is C19H20O5S. The Morgan fingerprint density at radius 2 is 1.84 bits per heavy atom. The van der Waals surface area contributed by atoms with Gasteiger partial charge >= 0.3 is 5.97 Å². The Hall–Kier alpha value is -2.34. The minimum Gasteiger partial charge on any atom is -0.493 e. The van der Waals surface area contributed by atoms with Crippen LogP contribution in [-0.4, -0.2) is 32.6 Å². The van der Waals surface area contributed by atoms with Crippen molar-refractivity contribution in [2.45, 2.75) is 12.8 Å². The molecule has 5 nitrogen and oxygen atoms in total. The fraction of sp³-hybridized carbons (Fsp3) is 0.368. The van der Waals surface area contributed by atoms with Gasteiger partial charge in [-0.15, -0.1) is 11.3 Å². The van der Waals surface area contributed by atoms with E-state index in [1.807, 2.05) is 23.6 Å². The Labute approximate surface area is 150 Å². The highest BCUT2D eigenvalue weighted by Crippen LogP contribution is 2.57. The van der Waals surface area contributed by atoms with E-state index in [1.165, 1.54) is 11.3 Å². The lowest BCUT2D eigenvalue weighted by atomic mass is 10.1. The molecule has 1 aliphatic carbocycles. The third kappa shape index (κ3) is 3.26. The molecule has 1 heterocycles. The van der Waals surface area contributed by atoms with Gasteiger partial charge in [0.05, 0.1) is 31.6 Å². The summed E-state index contributed by atoms with van der Waals surface area (Å²) >= 11 is 1.39. The van der Waals surface area contributed by atoms with Crippen LogP contribution in [0.4, 0.5) is 0 Å². The Morgan fingerprint density at radius 3 is 2.44 bits per heavy atom. The maximum Gasteiger partial charge on any atom is 0.310 e. The smallest absolute Gasteiger partial charge is 0.310 e. The standard InChI is InChI=1S/C19H20O5S/c1-4-24-19(21)17-15(16(17)18(20)14-6-5-9-25-14)11-7-8-12(22-2)13(10-11)23-3/h5-10,15-17H,4H2,1-3H3. The molecule has 0 aliphatic heterocycles. The highest BCUT2D eigenvalue weighted by molar-refractivity contribution is 7.12. The van der Waals surface area contributed by atoms with Crippen molar-refractivity contribution < 1.29 is 23.8 Å². The molecule has 3 unspecified atom stereocenters. The van der Waals surface area contributed by atoms with Gasteiger partial charge in [0.25, 0.3) is 0 Å². The average Bonchev–Trinajstić information content (AvgIpc) is 3.13. The molecule has 0 bridgehead atoms. The fourth-order valence-electron chi connectivity index (χ4n) is 3.23. The van der Waals surface area contributed by atoms with Gasteiger partial charge in [-0.2, -0.15) is 0 Å². The summed E-state index contributed by atoms with van der Waals surface area (Å²) in [5.74, 6) is -0.181. The van der Waals surface area contributed by atoms with Gasteiger partial charge in [-0.3, -0.25) is 9.59 Å². The summed E-state index contributed by atoms with van der Waals surface area (Å²) in [6.07, 6.45) is 0. The second-order valence-electron chi connectivity index (χ2n) is 5.79.